The van der Waals surface area contributed by atoms with Gasteiger partial charge in [-0.2, -0.15) is 0 Å². The van der Waals surface area contributed by atoms with Crippen molar-refractivity contribution in [1.29, 1.82) is 0 Å². The van der Waals surface area contributed by atoms with Gasteiger partial charge in [0, 0.05) is 6.92 Å². The number of rotatable bonds is 9. The summed E-state index contributed by atoms with van der Waals surface area (Å²) in [7, 11) is 1.63. The number of imidazole rings is 1. The number of para-hydroxylation sites is 2. The van der Waals surface area contributed by atoms with E-state index >= 15 is 0 Å². The largest absolute Gasteiger partial charge is 0.493 e. The number of carbonyl (C=O) groups excluding carboxylic acids is 1. The average molecular weight is 379 g/mol. The molecule has 0 unspecified atom stereocenters. The van der Waals surface area contributed by atoms with E-state index in [9.17, 15) is 4.79 Å². The summed E-state index contributed by atoms with van der Waals surface area (Å²) in [6, 6.07) is 13.8. The number of nitrogens with zero attached hydrogens (tertiary/aromatic N) is 2. The first-order chi connectivity index (χ1) is 13.6. The van der Waals surface area contributed by atoms with Crippen LogP contribution in [0.15, 0.2) is 55.1 Å². The van der Waals surface area contributed by atoms with E-state index in [1.807, 2.05) is 48.5 Å². The predicted molar refractivity (Wildman–Crippen MR) is 110 cm³/mol. The highest BCUT2D eigenvalue weighted by Crippen LogP contribution is 2.28. The van der Waals surface area contributed by atoms with Gasteiger partial charge in [0.25, 0.3) is 0 Å². The van der Waals surface area contributed by atoms with Gasteiger partial charge >= 0.3 is 0 Å². The zero-order chi connectivity index (χ0) is 19.9. The summed E-state index contributed by atoms with van der Waals surface area (Å²) in [5.41, 5.74) is 3.03. The van der Waals surface area contributed by atoms with E-state index in [1.165, 1.54) is 6.92 Å². The zero-order valence-corrected chi connectivity index (χ0v) is 16.3. The Hall–Kier alpha value is -3.28. The number of amides is 1. The van der Waals surface area contributed by atoms with Crippen molar-refractivity contribution in [1.82, 2.24) is 14.9 Å². The van der Waals surface area contributed by atoms with Gasteiger partial charge < -0.3 is 19.4 Å². The molecule has 1 aromatic heterocycles. The number of aromatic nitrogens is 2. The van der Waals surface area contributed by atoms with Gasteiger partial charge in [-0.05, 0) is 36.2 Å². The molecule has 1 N–H and O–H groups in total. The summed E-state index contributed by atoms with van der Waals surface area (Å²) in [6.45, 7) is 6.69. The molecule has 2 aromatic carbocycles. The molecule has 0 aliphatic heterocycles. The van der Waals surface area contributed by atoms with Crippen LogP contribution in [0.1, 0.15) is 18.3 Å². The number of methoxy groups -OCH3 is 1. The highest BCUT2D eigenvalue weighted by molar-refractivity contribution is 5.76. The van der Waals surface area contributed by atoms with E-state index in [0.717, 1.165) is 28.8 Å². The van der Waals surface area contributed by atoms with Crippen molar-refractivity contribution in [3.05, 3.63) is 66.5 Å². The lowest BCUT2D eigenvalue weighted by Crippen LogP contribution is -2.22. The number of fused-ring (bicyclic) bond motifs is 1. The molecule has 6 heteroatoms. The van der Waals surface area contributed by atoms with Gasteiger partial charge in [0.2, 0.25) is 5.91 Å². The van der Waals surface area contributed by atoms with Crippen LogP contribution in [-0.2, 0) is 24.3 Å². The van der Waals surface area contributed by atoms with E-state index in [4.69, 9.17) is 9.47 Å². The molecule has 28 heavy (non-hydrogen) atoms. The van der Waals surface area contributed by atoms with Crippen LogP contribution in [-0.4, -0.2) is 29.2 Å². The summed E-state index contributed by atoms with van der Waals surface area (Å²) in [5, 5.41) is 2.82. The van der Waals surface area contributed by atoms with Crippen molar-refractivity contribution < 1.29 is 14.3 Å². The fraction of sp³-hybridized carbons (Fsp3) is 0.273. The Bertz CT molecular complexity index is 978. The molecule has 0 saturated carbocycles. The maximum absolute atomic E-state index is 11.3. The van der Waals surface area contributed by atoms with E-state index in [1.54, 1.807) is 7.11 Å². The molecule has 0 aliphatic rings. The first-order valence-electron chi connectivity index (χ1n) is 9.21. The van der Waals surface area contributed by atoms with E-state index in [-0.39, 0.29) is 5.91 Å². The molecular formula is C22H25N3O3. The van der Waals surface area contributed by atoms with Crippen molar-refractivity contribution in [3.63, 3.8) is 0 Å². The van der Waals surface area contributed by atoms with Crippen LogP contribution >= 0.6 is 0 Å². The Morgan fingerprint density at radius 2 is 2.07 bits per heavy atom. The van der Waals surface area contributed by atoms with Gasteiger partial charge in [0.15, 0.2) is 11.5 Å². The highest BCUT2D eigenvalue weighted by Gasteiger charge is 2.12. The Morgan fingerprint density at radius 1 is 1.25 bits per heavy atom. The minimum absolute atomic E-state index is 0.0841. The Morgan fingerprint density at radius 3 is 2.82 bits per heavy atom. The van der Waals surface area contributed by atoms with Crippen LogP contribution in [0.4, 0.5) is 0 Å². The second-order valence-electron chi connectivity index (χ2n) is 6.40. The summed E-state index contributed by atoms with van der Waals surface area (Å²) >= 11 is 0. The topological polar surface area (TPSA) is 65.4 Å². The van der Waals surface area contributed by atoms with Crippen LogP contribution in [0.3, 0.4) is 0 Å². The Kier molecular flexibility index (Phi) is 6.32. The molecule has 3 rings (SSSR count). The molecule has 0 bridgehead atoms. The molecule has 3 aromatic rings. The molecule has 0 radical (unpaired) electrons. The van der Waals surface area contributed by atoms with E-state index < -0.39 is 0 Å². The van der Waals surface area contributed by atoms with Gasteiger partial charge in [-0.25, -0.2) is 4.98 Å². The maximum Gasteiger partial charge on any atom is 0.217 e. The number of carbonyl (C=O) groups is 1. The van der Waals surface area contributed by atoms with Gasteiger partial charge in [0.05, 0.1) is 31.2 Å². The number of hydrogen-bond acceptors (Lipinski definition) is 4. The van der Waals surface area contributed by atoms with Crippen LogP contribution in [0.25, 0.3) is 11.0 Å². The molecule has 0 aliphatic carbocycles. The smallest absolute Gasteiger partial charge is 0.217 e. The van der Waals surface area contributed by atoms with E-state index in [2.05, 4.69) is 21.4 Å². The van der Waals surface area contributed by atoms with Crippen molar-refractivity contribution in [2.24, 2.45) is 0 Å². The standard InChI is InChI=1S/C22H25N3O3/c1-4-7-17-10-11-20(21(14-17)27-3)28-13-12-25-19-9-6-5-8-18(19)24-22(25)15-23-16(2)26/h4-6,8-11,14H,1,7,12-13,15H2,2-3H3,(H,23,26). The monoisotopic (exact) mass is 379 g/mol. The maximum atomic E-state index is 11.3. The van der Waals surface area contributed by atoms with Crippen LogP contribution in [0.2, 0.25) is 0 Å². The summed E-state index contributed by atoms with van der Waals surface area (Å²) in [4.78, 5) is 15.9. The summed E-state index contributed by atoms with van der Waals surface area (Å²) < 4.78 is 13.5. The van der Waals surface area contributed by atoms with E-state index in [0.29, 0.717) is 31.2 Å². The number of allylic oxidation sites excluding steroid dienone is 1. The number of benzene rings is 2. The minimum Gasteiger partial charge on any atom is -0.493 e. The second-order valence-corrected chi connectivity index (χ2v) is 6.40. The molecule has 0 fully saturated rings. The molecular weight excluding hydrogens is 354 g/mol. The van der Waals surface area contributed by atoms with Crippen LogP contribution in [0.5, 0.6) is 11.5 Å². The SMILES string of the molecule is C=CCc1ccc(OCCn2c(CNC(C)=O)nc3ccccc32)c(OC)c1. The third kappa shape index (κ3) is 4.52. The molecule has 146 valence electrons. The highest BCUT2D eigenvalue weighted by atomic mass is 16.5. The third-order valence-corrected chi connectivity index (χ3v) is 4.41. The Balaban J connectivity index is 1.75. The molecule has 6 nitrogen and oxygen atoms in total. The van der Waals surface area contributed by atoms with Crippen LogP contribution < -0.4 is 14.8 Å². The zero-order valence-electron chi connectivity index (χ0n) is 16.3. The second kappa shape index (κ2) is 9.08. The lowest BCUT2D eigenvalue weighted by atomic mass is 10.1. The van der Waals surface area contributed by atoms with Gasteiger partial charge in [-0.3, -0.25) is 4.79 Å². The van der Waals surface area contributed by atoms with Crippen molar-refractivity contribution >= 4 is 16.9 Å². The van der Waals surface area contributed by atoms with Gasteiger partial charge in [-0.15, -0.1) is 6.58 Å². The Labute approximate surface area is 164 Å². The van der Waals surface area contributed by atoms with Crippen molar-refractivity contribution in [2.75, 3.05) is 13.7 Å². The fourth-order valence-corrected chi connectivity index (χ4v) is 3.09. The first-order valence-corrected chi connectivity index (χ1v) is 9.21. The van der Waals surface area contributed by atoms with Gasteiger partial charge in [-0.1, -0.05) is 24.3 Å². The lowest BCUT2D eigenvalue weighted by Gasteiger charge is -2.14. The lowest BCUT2D eigenvalue weighted by molar-refractivity contribution is -0.119. The summed E-state index contributed by atoms with van der Waals surface area (Å²) in [6.07, 6.45) is 2.64. The average Bonchev–Trinajstić information content (AvgIpc) is 3.05. The fourth-order valence-electron chi connectivity index (χ4n) is 3.09. The normalized spacial score (nSPS) is 10.6. The molecule has 0 saturated heterocycles. The molecule has 1 heterocycles. The number of hydrogen-bond donors (Lipinski definition) is 1. The molecule has 1 amide bonds. The van der Waals surface area contributed by atoms with Gasteiger partial charge in [0.1, 0.15) is 12.4 Å². The van der Waals surface area contributed by atoms with Crippen molar-refractivity contribution in [3.8, 4) is 11.5 Å². The quantitative estimate of drug-likeness (QED) is 0.578. The summed E-state index contributed by atoms with van der Waals surface area (Å²) in [5.74, 6) is 2.11. The predicted octanol–water partition coefficient (Wildman–Crippen LogP) is 3.49. The number of nitrogens with one attached hydrogen (secondary N) is 1. The van der Waals surface area contributed by atoms with Crippen molar-refractivity contribution in [2.45, 2.75) is 26.4 Å². The minimum atomic E-state index is -0.0841. The third-order valence-electron chi connectivity index (χ3n) is 4.41. The molecule has 0 atom stereocenters. The van der Waals surface area contributed by atoms with Crippen LogP contribution in [0, 0.1) is 0 Å². The number of ether oxygens (including phenoxy) is 2. The first kappa shape index (κ1) is 19.5. The molecule has 0 spiro atoms.